The van der Waals surface area contributed by atoms with E-state index in [0.717, 1.165) is 11.3 Å². The van der Waals surface area contributed by atoms with Crippen LogP contribution in [0.1, 0.15) is 36.8 Å². The Morgan fingerprint density at radius 3 is 2.60 bits per heavy atom. The van der Waals surface area contributed by atoms with E-state index in [1.165, 1.54) is 0 Å². The van der Waals surface area contributed by atoms with Gasteiger partial charge in [0.05, 0.1) is 0 Å². The SMILES string of the molecule is CC(C)(C)Oc1ccccc1CNC(=O)c1ccc[nH]1. The van der Waals surface area contributed by atoms with Crippen molar-refractivity contribution in [2.75, 3.05) is 0 Å². The molecule has 0 spiro atoms. The van der Waals surface area contributed by atoms with Gasteiger partial charge in [0, 0.05) is 18.3 Å². The third-order valence-electron chi connectivity index (χ3n) is 2.67. The van der Waals surface area contributed by atoms with E-state index in [4.69, 9.17) is 4.74 Å². The molecule has 2 N–H and O–H groups in total. The summed E-state index contributed by atoms with van der Waals surface area (Å²) in [4.78, 5) is 14.8. The van der Waals surface area contributed by atoms with Crippen molar-refractivity contribution >= 4 is 5.91 Å². The summed E-state index contributed by atoms with van der Waals surface area (Å²) in [6.07, 6.45) is 1.73. The molecule has 0 saturated heterocycles. The number of benzene rings is 1. The molecule has 4 nitrogen and oxygen atoms in total. The van der Waals surface area contributed by atoms with E-state index in [-0.39, 0.29) is 11.5 Å². The predicted molar refractivity (Wildman–Crippen MR) is 78.8 cm³/mol. The van der Waals surface area contributed by atoms with Crippen molar-refractivity contribution in [2.45, 2.75) is 32.9 Å². The second-order valence-electron chi connectivity index (χ2n) is 5.59. The van der Waals surface area contributed by atoms with Gasteiger partial charge in [0.25, 0.3) is 5.91 Å². The molecule has 0 saturated carbocycles. The highest BCUT2D eigenvalue weighted by molar-refractivity contribution is 5.92. The summed E-state index contributed by atoms with van der Waals surface area (Å²) in [6.45, 7) is 6.44. The number of rotatable bonds is 4. The van der Waals surface area contributed by atoms with Crippen molar-refractivity contribution in [3.63, 3.8) is 0 Å². The largest absolute Gasteiger partial charge is 0.488 e. The van der Waals surface area contributed by atoms with Gasteiger partial charge in [0.2, 0.25) is 0 Å². The number of hydrogen-bond donors (Lipinski definition) is 2. The van der Waals surface area contributed by atoms with Crippen molar-refractivity contribution < 1.29 is 9.53 Å². The highest BCUT2D eigenvalue weighted by Gasteiger charge is 2.14. The maximum absolute atomic E-state index is 11.9. The third kappa shape index (κ3) is 3.88. The Morgan fingerprint density at radius 1 is 1.20 bits per heavy atom. The van der Waals surface area contributed by atoms with E-state index in [1.807, 2.05) is 45.0 Å². The predicted octanol–water partition coefficient (Wildman–Crippen LogP) is 3.12. The maximum atomic E-state index is 11.9. The fraction of sp³-hybridized carbons (Fsp3) is 0.312. The van der Waals surface area contributed by atoms with Gasteiger partial charge < -0.3 is 15.0 Å². The number of carbonyl (C=O) groups is 1. The van der Waals surface area contributed by atoms with Crippen molar-refractivity contribution in [1.29, 1.82) is 0 Å². The zero-order chi connectivity index (χ0) is 14.6. The molecule has 2 aromatic rings. The van der Waals surface area contributed by atoms with Crippen LogP contribution in [0.4, 0.5) is 0 Å². The fourth-order valence-corrected chi connectivity index (χ4v) is 1.82. The molecule has 2 rings (SSSR count). The molecule has 20 heavy (non-hydrogen) atoms. The van der Waals surface area contributed by atoms with Crippen LogP contribution in [0, 0.1) is 0 Å². The van der Waals surface area contributed by atoms with Crippen LogP contribution in [0.25, 0.3) is 0 Å². The summed E-state index contributed by atoms with van der Waals surface area (Å²) in [6, 6.07) is 11.3. The molecule has 0 aliphatic heterocycles. The lowest BCUT2D eigenvalue weighted by Gasteiger charge is -2.23. The Labute approximate surface area is 119 Å². The molecular weight excluding hydrogens is 252 g/mol. The van der Waals surface area contributed by atoms with Gasteiger partial charge in [-0.1, -0.05) is 18.2 Å². The van der Waals surface area contributed by atoms with Crippen LogP contribution >= 0.6 is 0 Å². The lowest BCUT2D eigenvalue weighted by Crippen LogP contribution is -2.26. The number of aromatic nitrogens is 1. The van der Waals surface area contributed by atoms with Crippen LogP contribution in [-0.2, 0) is 6.54 Å². The van der Waals surface area contributed by atoms with E-state index in [9.17, 15) is 4.79 Å². The van der Waals surface area contributed by atoms with Crippen molar-refractivity contribution in [3.8, 4) is 5.75 Å². The number of carbonyl (C=O) groups excluding carboxylic acids is 1. The van der Waals surface area contributed by atoms with Crippen LogP contribution in [0.5, 0.6) is 5.75 Å². The number of ether oxygens (including phenoxy) is 1. The van der Waals surface area contributed by atoms with Gasteiger partial charge >= 0.3 is 0 Å². The molecule has 1 amide bonds. The molecule has 4 heteroatoms. The standard InChI is InChI=1S/C16H20N2O2/c1-16(2,3)20-14-9-5-4-7-12(14)11-18-15(19)13-8-6-10-17-13/h4-10,17H,11H2,1-3H3,(H,18,19). The summed E-state index contributed by atoms with van der Waals surface area (Å²) < 4.78 is 5.90. The smallest absolute Gasteiger partial charge is 0.267 e. The number of hydrogen-bond acceptors (Lipinski definition) is 2. The number of H-pyrrole nitrogens is 1. The number of amides is 1. The first-order valence-corrected chi connectivity index (χ1v) is 6.64. The monoisotopic (exact) mass is 272 g/mol. The van der Waals surface area contributed by atoms with E-state index < -0.39 is 0 Å². The summed E-state index contributed by atoms with van der Waals surface area (Å²) in [7, 11) is 0. The van der Waals surface area contributed by atoms with Crippen molar-refractivity contribution in [2.24, 2.45) is 0 Å². The summed E-state index contributed by atoms with van der Waals surface area (Å²) in [5.74, 6) is 0.673. The van der Waals surface area contributed by atoms with Gasteiger partial charge in [0.15, 0.2) is 0 Å². The van der Waals surface area contributed by atoms with Gasteiger partial charge in [-0.05, 0) is 39.0 Å². The van der Waals surface area contributed by atoms with Crippen LogP contribution in [-0.4, -0.2) is 16.5 Å². The topological polar surface area (TPSA) is 54.1 Å². The van der Waals surface area contributed by atoms with Crippen LogP contribution in [0.15, 0.2) is 42.6 Å². The lowest BCUT2D eigenvalue weighted by molar-refractivity contribution is 0.0945. The second-order valence-corrected chi connectivity index (χ2v) is 5.59. The van der Waals surface area contributed by atoms with Gasteiger partial charge in [-0.3, -0.25) is 4.79 Å². The van der Waals surface area contributed by atoms with E-state index >= 15 is 0 Å². The molecule has 0 aliphatic rings. The molecular formula is C16H20N2O2. The van der Waals surface area contributed by atoms with E-state index in [1.54, 1.807) is 18.3 Å². The molecule has 0 atom stereocenters. The molecule has 1 aromatic heterocycles. The molecule has 1 aromatic carbocycles. The average molecular weight is 272 g/mol. The Morgan fingerprint density at radius 2 is 1.95 bits per heavy atom. The Bertz CT molecular complexity index is 568. The molecule has 1 heterocycles. The van der Waals surface area contributed by atoms with Crippen molar-refractivity contribution in [3.05, 3.63) is 53.9 Å². The number of aromatic amines is 1. The van der Waals surface area contributed by atoms with E-state index in [2.05, 4.69) is 10.3 Å². The first-order chi connectivity index (χ1) is 9.46. The highest BCUT2D eigenvalue weighted by atomic mass is 16.5. The minimum Gasteiger partial charge on any atom is -0.488 e. The van der Waals surface area contributed by atoms with E-state index in [0.29, 0.717) is 12.2 Å². The van der Waals surface area contributed by atoms with Gasteiger partial charge in [-0.15, -0.1) is 0 Å². The first-order valence-electron chi connectivity index (χ1n) is 6.64. The fourth-order valence-electron chi connectivity index (χ4n) is 1.82. The van der Waals surface area contributed by atoms with Gasteiger partial charge in [-0.2, -0.15) is 0 Å². The lowest BCUT2D eigenvalue weighted by atomic mass is 10.1. The zero-order valence-electron chi connectivity index (χ0n) is 12.1. The molecule has 0 bridgehead atoms. The number of para-hydroxylation sites is 1. The Hall–Kier alpha value is -2.23. The second kappa shape index (κ2) is 5.82. The normalized spacial score (nSPS) is 11.2. The molecule has 0 unspecified atom stereocenters. The van der Waals surface area contributed by atoms with Crippen molar-refractivity contribution in [1.82, 2.24) is 10.3 Å². The highest BCUT2D eigenvalue weighted by Crippen LogP contribution is 2.22. The third-order valence-corrected chi connectivity index (χ3v) is 2.67. The van der Waals surface area contributed by atoms with Gasteiger partial charge in [-0.25, -0.2) is 0 Å². The summed E-state index contributed by atoms with van der Waals surface area (Å²) in [5.41, 5.74) is 1.25. The molecule has 0 fully saturated rings. The average Bonchev–Trinajstić information content (AvgIpc) is 2.89. The first kappa shape index (κ1) is 14.2. The zero-order valence-corrected chi connectivity index (χ0v) is 12.1. The molecule has 0 aliphatic carbocycles. The quantitative estimate of drug-likeness (QED) is 0.898. The summed E-state index contributed by atoms with van der Waals surface area (Å²) in [5, 5.41) is 2.88. The van der Waals surface area contributed by atoms with Crippen LogP contribution < -0.4 is 10.1 Å². The van der Waals surface area contributed by atoms with Crippen LogP contribution in [0.3, 0.4) is 0 Å². The number of nitrogens with one attached hydrogen (secondary N) is 2. The van der Waals surface area contributed by atoms with Crippen LogP contribution in [0.2, 0.25) is 0 Å². The minimum absolute atomic E-state index is 0.124. The Balaban J connectivity index is 2.04. The maximum Gasteiger partial charge on any atom is 0.267 e. The van der Waals surface area contributed by atoms with Gasteiger partial charge in [0.1, 0.15) is 17.0 Å². The molecule has 106 valence electrons. The Kier molecular flexibility index (Phi) is 4.13. The molecule has 0 radical (unpaired) electrons. The summed E-state index contributed by atoms with van der Waals surface area (Å²) >= 11 is 0. The minimum atomic E-state index is -0.264.